The first-order chi connectivity index (χ1) is 5.61. The fourth-order valence-electron chi connectivity index (χ4n) is 0.651. The van der Waals surface area contributed by atoms with E-state index in [0.29, 0.717) is 0 Å². The number of oxime groups is 1. The lowest BCUT2D eigenvalue weighted by Crippen LogP contribution is -2.29. The molecule has 0 heterocycles. The van der Waals surface area contributed by atoms with Gasteiger partial charge in [0.05, 0.1) is 13.2 Å². The van der Waals surface area contributed by atoms with Crippen molar-refractivity contribution in [1.82, 2.24) is 4.90 Å². The normalized spacial score (nSPS) is 11.8. The average Bonchev–Trinajstić information content (AvgIpc) is 2.00. The summed E-state index contributed by atoms with van der Waals surface area (Å²) in [5.74, 6) is -0.575. The molecule has 0 aromatic carbocycles. The molecule has 0 unspecified atom stereocenters. The molecule has 0 aliphatic rings. The van der Waals surface area contributed by atoms with E-state index in [0.717, 1.165) is 0 Å². The minimum Gasteiger partial charge on any atom is -0.461 e. The van der Waals surface area contributed by atoms with Crippen LogP contribution in [0.2, 0.25) is 0 Å². The first-order valence-electron chi connectivity index (χ1n) is 3.64. The molecule has 0 aromatic rings. The van der Waals surface area contributed by atoms with Gasteiger partial charge in [0.15, 0.2) is 5.71 Å². The summed E-state index contributed by atoms with van der Waals surface area (Å²) in [5.41, 5.74) is 0.0156. The third kappa shape index (κ3) is 3.92. The Morgan fingerprint density at radius 3 is 2.50 bits per heavy atom. The largest absolute Gasteiger partial charge is 0.461 e. The molecule has 1 N–H and O–H groups in total. The van der Waals surface area contributed by atoms with E-state index in [1.165, 1.54) is 0 Å². The van der Waals surface area contributed by atoms with Crippen molar-refractivity contribution >= 4 is 11.7 Å². The van der Waals surface area contributed by atoms with Gasteiger partial charge >= 0.3 is 5.97 Å². The van der Waals surface area contributed by atoms with Crippen molar-refractivity contribution in [2.45, 2.75) is 6.92 Å². The molecule has 5 heteroatoms. The van der Waals surface area contributed by atoms with Crippen LogP contribution in [0.25, 0.3) is 0 Å². The highest BCUT2D eigenvalue weighted by atomic mass is 16.5. The Morgan fingerprint density at radius 2 is 2.17 bits per heavy atom. The number of carbonyl (C=O) groups excluding carboxylic acids is 1. The van der Waals surface area contributed by atoms with Gasteiger partial charge in [-0.15, -0.1) is 0 Å². The summed E-state index contributed by atoms with van der Waals surface area (Å²) >= 11 is 0. The summed E-state index contributed by atoms with van der Waals surface area (Å²) in [5, 5.41) is 11.3. The Balaban J connectivity index is 4.08. The molecule has 70 valence electrons. The van der Waals surface area contributed by atoms with Gasteiger partial charge in [-0.1, -0.05) is 5.16 Å². The van der Waals surface area contributed by atoms with Crippen LogP contribution in [-0.2, 0) is 9.53 Å². The first-order valence-corrected chi connectivity index (χ1v) is 3.64. The molecule has 0 saturated carbocycles. The first kappa shape index (κ1) is 10.9. The summed E-state index contributed by atoms with van der Waals surface area (Å²) in [6.07, 6.45) is 0. The standard InChI is InChI=1S/C7H14N2O3/c1-4-12-7(10)6(8-11)5-9(2)3/h11H,4-5H2,1-3H3/b8-6-. The number of hydrogen-bond donors (Lipinski definition) is 1. The molecule has 12 heavy (non-hydrogen) atoms. The van der Waals surface area contributed by atoms with Crippen LogP contribution >= 0.6 is 0 Å². The van der Waals surface area contributed by atoms with E-state index in [1.54, 1.807) is 25.9 Å². The van der Waals surface area contributed by atoms with E-state index in [-0.39, 0.29) is 18.9 Å². The molecule has 0 aliphatic heterocycles. The lowest BCUT2D eigenvalue weighted by Gasteiger charge is -2.09. The molecule has 0 aromatic heterocycles. The minimum atomic E-state index is -0.575. The lowest BCUT2D eigenvalue weighted by atomic mass is 10.3. The van der Waals surface area contributed by atoms with Crippen LogP contribution in [0.15, 0.2) is 5.16 Å². The topological polar surface area (TPSA) is 62.1 Å². The summed E-state index contributed by atoms with van der Waals surface area (Å²) in [6.45, 7) is 2.25. The second-order valence-electron chi connectivity index (χ2n) is 2.50. The summed E-state index contributed by atoms with van der Waals surface area (Å²) in [6, 6.07) is 0. The zero-order valence-electron chi connectivity index (χ0n) is 7.57. The number of hydrogen-bond acceptors (Lipinski definition) is 5. The van der Waals surface area contributed by atoms with Gasteiger partial charge in [-0.2, -0.15) is 0 Å². The van der Waals surface area contributed by atoms with E-state index in [9.17, 15) is 4.79 Å². The van der Waals surface area contributed by atoms with Crippen LogP contribution in [0.5, 0.6) is 0 Å². The Kier molecular flexibility index (Phi) is 5.03. The van der Waals surface area contributed by atoms with E-state index in [1.807, 2.05) is 0 Å². The van der Waals surface area contributed by atoms with Crippen molar-refractivity contribution in [2.24, 2.45) is 5.16 Å². The van der Waals surface area contributed by atoms with Crippen LogP contribution in [0.3, 0.4) is 0 Å². The van der Waals surface area contributed by atoms with E-state index in [4.69, 9.17) is 5.21 Å². The molecular weight excluding hydrogens is 160 g/mol. The number of nitrogens with zero attached hydrogens (tertiary/aromatic N) is 2. The monoisotopic (exact) mass is 174 g/mol. The maximum Gasteiger partial charge on any atom is 0.357 e. The SMILES string of the molecule is CCOC(=O)/C(CN(C)C)=N\O. The highest BCUT2D eigenvalue weighted by Gasteiger charge is 2.13. The summed E-state index contributed by atoms with van der Waals surface area (Å²) < 4.78 is 4.64. The van der Waals surface area contributed by atoms with Gasteiger partial charge in [0.1, 0.15) is 0 Å². The van der Waals surface area contributed by atoms with Gasteiger partial charge < -0.3 is 14.8 Å². The highest BCUT2D eigenvalue weighted by Crippen LogP contribution is 1.87. The Bertz CT molecular complexity index is 177. The number of esters is 1. The van der Waals surface area contributed by atoms with Gasteiger partial charge in [-0.25, -0.2) is 4.79 Å². The molecular formula is C7H14N2O3. The zero-order valence-corrected chi connectivity index (χ0v) is 7.57. The molecule has 0 aliphatic carbocycles. The molecule has 0 radical (unpaired) electrons. The second-order valence-corrected chi connectivity index (χ2v) is 2.50. The summed E-state index contributed by atoms with van der Waals surface area (Å²) in [4.78, 5) is 12.7. The van der Waals surface area contributed by atoms with Gasteiger partial charge in [-0.3, -0.25) is 0 Å². The molecule has 0 rings (SSSR count). The van der Waals surface area contributed by atoms with Crippen LogP contribution in [0, 0.1) is 0 Å². The van der Waals surface area contributed by atoms with Crippen LogP contribution in [0.4, 0.5) is 0 Å². The molecule has 0 amide bonds. The maximum atomic E-state index is 11.0. The fourth-order valence-corrected chi connectivity index (χ4v) is 0.651. The second kappa shape index (κ2) is 5.54. The molecule has 0 bridgehead atoms. The van der Waals surface area contributed by atoms with Gasteiger partial charge in [0.2, 0.25) is 0 Å². The summed E-state index contributed by atoms with van der Waals surface area (Å²) in [7, 11) is 3.54. The van der Waals surface area contributed by atoms with Crippen molar-refractivity contribution in [3.8, 4) is 0 Å². The Morgan fingerprint density at radius 1 is 1.58 bits per heavy atom. The van der Waals surface area contributed by atoms with Gasteiger partial charge in [0.25, 0.3) is 0 Å². The third-order valence-electron chi connectivity index (χ3n) is 1.10. The van der Waals surface area contributed by atoms with Gasteiger partial charge in [0, 0.05) is 0 Å². The smallest absolute Gasteiger partial charge is 0.357 e. The van der Waals surface area contributed by atoms with Crippen molar-refractivity contribution in [2.75, 3.05) is 27.2 Å². The molecule has 0 saturated heterocycles. The Labute approximate surface area is 71.6 Å². The Hall–Kier alpha value is -1.10. The van der Waals surface area contributed by atoms with Crippen LogP contribution in [0.1, 0.15) is 6.92 Å². The molecule has 0 spiro atoms. The van der Waals surface area contributed by atoms with E-state index >= 15 is 0 Å². The van der Waals surface area contributed by atoms with Crippen LogP contribution < -0.4 is 0 Å². The minimum absolute atomic E-state index is 0.0156. The van der Waals surface area contributed by atoms with Crippen LogP contribution in [-0.4, -0.2) is 49.0 Å². The zero-order chi connectivity index (χ0) is 9.56. The van der Waals surface area contributed by atoms with Crippen molar-refractivity contribution in [3.63, 3.8) is 0 Å². The number of carbonyl (C=O) groups is 1. The maximum absolute atomic E-state index is 11.0. The molecule has 5 nitrogen and oxygen atoms in total. The predicted octanol–water partition coefficient (Wildman–Crippen LogP) is -0.0587. The highest BCUT2D eigenvalue weighted by molar-refractivity contribution is 6.37. The van der Waals surface area contributed by atoms with Crippen molar-refractivity contribution < 1.29 is 14.7 Å². The lowest BCUT2D eigenvalue weighted by molar-refractivity contribution is -0.135. The van der Waals surface area contributed by atoms with E-state index < -0.39 is 5.97 Å². The number of rotatable bonds is 4. The number of ether oxygens (including phenoxy) is 1. The fraction of sp³-hybridized carbons (Fsp3) is 0.714. The van der Waals surface area contributed by atoms with Crippen molar-refractivity contribution in [3.05, 3.63) is 0 Å². The van der Waals surface area contributed by atoms with Gasteiger partial charge in [-0.05, 0) is 21.0 Å². The predicted molar refractivity (Wildman–Crippen MR) is 44.4 cm³/mol. The van der Waals surface area contributed by atoms with Crippen molar-refractivity contribution in [1.29, 1.82) is 0 Å². The van der Waals surface area contributed by atoms with E-state index in [2.05, 4.69) is 9.89 Å². The quantitative estimate of drug-likeness (QED) is 0.281. The molecule has 0 fully saturated rings. The average molecular weight is 174 g/mol. The molecule has 0 atom stereocenters. The third-order valence-corrected chi connectivity index (χ3v) is 1.10.